The quantitative estimate of drug-likeness (QED) is 0.785. The molecule has 2 amide bonds. The molecule has 108 valence electrons. The Morgan fingerprint density at radius 3 is 2.60 bits per heavy atom. The van der Waals surface area contributed by atoms with Gasteiger partial charge in [-0.25, -0.2) is 0 Å². The predicted molar refractivity (Wildman–Crippen MR) is 72.1 cm³/mol. The topological polar surface area (TPSA) is 67.9 Å². The normalized spacial score (nSPS) is 15.6. The Kier molecular flexibility index (Phi) is 4.70. The Bertz CT molecular complexity index is 500. The lowest BCUT2D eigenvalue weighted by atomic mass is 10.1. The Morgan fingerprint density at radius 1 is 1.30 bits per heavy atom. The Labute approximate surface area is 117 Å². The molecule has 1 aliphatic heterocycles. The lowest BCUT2D eigenvalue weighted by molar-refractivity contribution is -0.159. The summed E-state index contributed by atoms with van der Waals surface area (Å²) in [5.74, 6) is 0.0293. The second-order valence-corrected chi connectivity index (χ2v) is 4.54. The largest absolute Gasteiger partial charge is 0.496 e. The van der Waals surface area contributed by atoms with Crippen molar-refractivity contribution in [3.05, 3.63) is 29.3 Å². The van der Waals surface area contributed by atoms with Gasteiger partial charge in [0, 0.05) is 12.1 Å². The fourth-order valence-corrected chi connectivity index (χ4v) is 2.14. The van der Waals surface area contributed by atoms with Gasteiger partial charge in [-0.05, 0) is 24.7 Å². The van der Waals surface area contributed by atoms with Crippen LogP contribution in [0.4, 0.5) is 0 Å². The molecule has 1 saturated heterocycles. The molecule has 1 fully saturated rings. The highest BCUT2D eigenvalue weighted by Gasteiger charge is 2.27. The van der Waals surface area contributed by atoms with E-state index < -0.39 is 0 Å². The van der Waals surface area contributed by atoms with E-state index in [2.05, 4.69) is 5.32 Å². The Balaban J connectivity index is 2.23. The summed E-state index contributed by atoms with van der Waals surface area (Å²) in [6.45, 7) is 0.818. The molecule has 0 aliphatic carbocycles. The van der Waals surface area contributed by atoms with E-state index in [1.165, 1.54) is 4.90 Å². The first-order chi connectivity index (χ1) is 9.65. The maximum atomic E-state index is 11.7. The lowest BCUT2D eigenvalue weighted by Gasteiger charge is -2.25. The summed E-state index contributed by atoms with van der Waals surface area (Å²) >= 11 is 0. The van der Waals surface area contributed by atoms with E-state index in [-0.39, 0.29) is 31.6 Å². The number of carbonyl (C=O) groups is 2. The first kappa shape index (κ1) is 14.5. The van der Waals surface area contributed by atoms with E-state index in [9.17, 15) is 9.59 Å². The number of benzene rings is 1. The molecule has 1 aromatic carbocycles. The van der Waals surface area contributed by atoms with Gasteiger partial charge in [-0.2, -0.15) is 0 Å². The van der Waals surface area contributed by atoms with Gasteiger partial charge in [0.05, 0.1) is 13.7 Å². The Hall–Kier alpha value is -1.92. The average Bonchev–Trinajstić information content (AvgIpc) is 2.44. The molecule has 1 heterocycles. The predicted octanol–water partition coefficient (Wildman–Crippen LogP) is 0.300. The average molecular weight is 278 g/mol. The van der Waals surface area contributed by atoms with Gasteiger partial charge in [-0.15, -0.1) is 0 Å². The highest BCUT2D eigenvalue weighted by Crippen LogP contribution is 2.22. The van der Waals surface area contributed by atoms with Gasteiger partial charge in [-0.1, -0.05) is 6.07 Å². The number of ether oxygens (including phenoxy) is 2. The molecule has 1 N–H and O–H groups in total. The van der Waals surface area contributed by atoms with Crippen LogP contribution in [0.2, 0.25) is 0 Å². The van der Waals surface area contributed by atoms with Crippen LogP contribution in [-0.2, 0) is 27.4 Å². The van der Waals surface area contributed by atoms with E-state index in [1.54, 1.807) is 7.11 Å². The standard InChI is InChI=1S/C14H18N2O4/c1-15-6-10-3-4-12(19-2)11(5-10)7-16-13(17)8-20-9-14(16)18/h3-5,15H,6-9H2,1-2H3. The van der Waals surface area contributed by atoms with Gasteiger partial charge in [0.1, 0.15) is 19.0 Å². The maximum Gasteiger partial charge on any atom is 0.255 e. The van der Waals surface area contributed by atoms with Crippen molar-refractivity contribution in [2.45, 2.75) is 13.1 Å². The molecule has 0 atom stereocenters. The van der Waals surface area contributed by atoms with Crippen molar-refractivity contribution in [1.29, 1.82) is 0 Å². The molecule has 0 saturated carbocycles. The van der Waals surface area contributed by atoms with Crippen molar-refractivity contribution in [1.82, 2.24) is 10.2 Å². The van der Waals surface area contributed by atoms with Crippen LogP contribution in [0.15, 0.2) is 18.2 Å². The summed E-state index contributed by atoms with van der Waals surface area (Å²) in [5.41, 5.74) is 1.88. The van der Waals surface area contributed by atoms with E-state index >= 15 is 0 Å². The molecule has 1 aromatic rings. The Morgan fingerprint density at radius 2 is 2.00 bits per heavy atom. The zero-order valence-electron chi connectivity index (χ0n) is 11.6. The van der Waals surface area contributed by atoms with Crippen LogP contribution < -0.4 is 10.1 Å². The molecular weight excluding hydrogens is 260 g/mol. The number of nitrogens with zero attached hydrogens (tertiary/aromatic N) is 1. The molecular formula is C14H18N2O4. The maximum absolute atomic E-state index is 11.7. The van der Waals surface area contributed by atoms with E-state index in [0.717, 1.165) is 11.1 Å². The first-order valence-corrected chi connectivity index (χ1v) is 6.37. The third kappa shape index (κ3) is 3.15. The summed E-state index contributed by atoms with van der Waals surface area (Å²) in [6, 6.07) is 5.73. The van der Waals surface area contributed by atoms with E-state index in [0.29, 0.717) is 12.3 Å². The van der Waals surface area contributed by atoms with Crippen LogP contribution in [-0.4, -0.2) is 44.1 Å². The van der Waals surface area contributed by atoms with Gasteiger partial charge in [0.15, 0.2) is 0 Å². The minimum Gasteiger partial charge on any atom is -0.496 e. The molecule has 2 rings (SSSR count). The number of carbonyl (C=O) groups excluding carboxylic acids is 2. The van der Waals surface area contributed by atoms with Crippen LogP contribution in [0.5, 0.6) is 5.75 Å². The number of methoxy groups -OCH3 is 1. The highest BCUT2D eigenvalue weighted by atomic mass is 16.5. The zero-order valence-corrected chi connectivity index (χ0v) is 11.6. The molecule has 0 spiro atoms. The minimum atomic E-state index is -0.317. The summed E-state index contributed by atoms with van der Waals surface area (Å²) in [5, 5.41) is 3.06. The number of imide groups is 1. The van der Waals surface area contributed by atoms with Crippen LogP contribution in [0.25, 0.3) is 0 Å². The van der Waals surface area contributed by atoms with Gasteiger partial charge >= 0.3 is 0 Å². The number of amides is 2. The summed E-state index contributed by atoms with van der Waals surface area (Å²) in [7, 11) is 3.43. The third-order valence-corrected chi connectivity index (χ3v) is 3.11. The van der Waals surface area contributed by atoms with Gasteiger partial charge in [0.25, 0.3) is 11.8 Å². The van der Waals surface area contributed by atoms with Crippen LogP contribution >= 0.6 is 0 Å². The van der Waals surface area contributed by atoms with Crippen LogP contribution in [0.3, 0.4) is 0 Å². The monoisotopic (exact) mass is 278 g/mol. The number of nitrogens with one attached hydrogen (secondary N) is 1. The van der Waals surface area contributed by atoms with E-state index in [4.69, 9.17) is 9.47 Å². The SMILES string of the molecule is CNCc1ccc(OC)c(CN2C(=O)COCC2=O)c1. The van der Waals surface area contributed by atoms with Crippen molar-refractivity contribution in [2.24, 2.45) is 0 Å². The molecule has 0 unspecified atom stereocenters. The molecule has 1 aliphatic rings. The summed E-state index contributed by atoms with van der Waals surface area (Å²) in [4.78, 5) is 24.7. The molecule has 0 radical (unpaired) electrons. The number of hydrogen-bond acceptors (Lipinski definition) is 5. The van der Waals surface area contributed by atoms with E-state index in [1.807, 2.05) is 25.2 Å². The molecule has 20 heavy (non-hydrogen) atoms. The number of hydrogen-bond donors (Lipinski definition) is 1. The molecule has 0 bridgehead atoms. The van der Waals surface area contributed by atoms with Crippen molar-refractivity contribution < 1.29 is 19.1 Å². The molecule has 6 nitrogen and oxygen atoms in total. The van der Waals surface area contributed by atoms with Gasteiger partial charge < -0.3 is 14.8 Å². The zero-order chi connectivity index (χ0) is 14.5. The number of rotatable bonds is 5. The molecule has 6 heteroatoms. The third-order valence-electron chi connectivity index (χ3n) is 3.11. The lowest BCUT2D eigenvalue weighted by Crippen LogP contribution is -2.45. The first-order valence-electron chi connectivity index (χ1n) is 6.37. The minimum absolute atomic E-state index is 0.0513. The summed E-state index contributed by atoms with van der Waals surface area (Å²) in [6.07, 6.45) is 0. The van der Waals surface area contributed by atoms with Crippen molar-refractivity contribution in [3.63, 3.8) is 0 Å². The smallest absolute Gasteiger partial charge is 0.255 e. The van der Waals surface area contributed by atoms with Crippen LogP contribution in [0, 0.1) is 0 Å². The molecule has 0 aromatic heterocycles. The van der Waals surface area contributed by atoms with Crippen molar-refractivity contribution in [2.75, 3.05) is 27.4 Å². The highest BCUT2D eigenvalue weighted by molar-refractivity contribution is 5.98. The van der Waals surface area contributed by atoms with Gasteiger partial charge in [0.2, 0.25) is 0 Å². The van der Waals surface area contributed by atoms with Crippen LogP contribution in [0.1, 0.15) is 11.1 Å². The fraction of sp³-hybridized carbons (Fsp3) is 0.429. The fourth-order valence-electron chi connectivity index (χ4n) is 2.14. The summed E-state index contributed by atoms with van der Waals surface area (Å²) < 4.78 is 10.2. The second-order valence-electron chi connectivity index (χ2n) is 4.54. The van der Waals surface area contributed by atoms with Gasteiger partial charge in [-0.3, -0.25) is 14.5 Å². The number of morpholine rings is 1. The van der Waals surface area contributed by atoms with Crippen molar-refractivity contribution in [3.8, 4) is 5.75 Å². The van der Waals surface area contributed by atoms with Crippen molar-refractivity contribution >= 4 is 11.8 Å². The second kappa shape index (κ2) is 6.49.